The molecule has 0 amide bonds. The smallest absolute Gasteiger partial charge is 0.134 e. The predicted octanol–water partition coefficient (Wildman–Crippen LogP) is 7.41. The Hall–Kier alpha value is -3.11. The topological polar surface area (TPSA) is 9.23 Å². The van der Waals surface area contributed by atoms with Gasteiger partial charge in [0.2, 0.25) is 0 Å². The lowest BCUT2D eigenvalue weighted by Gasteiger charge is -2.10. The molecule has 0 saturated heterocycles. The van der Waals surface area contributed by atoms with Crippen LogP contribution in [-0.4, -0.2) is 13.7 Å². The van der Waals surface area contributed by atoms with Gasteiger partial charge in [-0.1, -0.05) is 54.6 Å². The number of fused-ring (bicyclic) bond motifs is 1. The zero-order chi connectivity index (χ0) is 23.9. The van der Waals surface area contributed by atoms with E-state index < -0.39 is 0 Å². The molecule has 0 aromatic heterocycles. The van der Waals surface area contributed by atoms with E-state index in [2.05, 4.69) is 0 Å². The fraction of sp³-hybridized carbons (Fsp3) is 0.267. The summed E-state index contributed by atoms with van der Waals surface area (Å²) >= 11 is 0. The molecule has 176 valence electrons. The highest BCUT2D eigenvalue weighted by atomic mass is 19.1. The van der Waals surface area contributed by atoms with E-state index in [4.69, 9.17) is 4.74 Å². The molecule has 0 N–H and O–H groups in total. The highest BCUT2D eigenvalue weighted by Gasteiger charge is 2.10. The van der Waals surface area contributed by atoms with Gasteiger partial charge < -0.3 is 4.74 Å². The second kappa shape index (κ2) is 11.3. The van der Waals surface area contributed by atoms with Crippen molar-refractivity contribution in [3.05, 3.63) is 118 Å². The van der Waals surface area contributed by atoms with Gasteiger partial charge in [0.1, 0.15) is 17.5 Å². The summed E-state index contributed by atoms with van der Waals surface area (Å²) in [6.07, 6.45) is 4.15. The highest BCUT2D eigenvalue weighted by Crippen LogP contribution is 2.25. The van der Waals surface area contributed by atoms with Crippen molar-refractivity contribution < 1.29 is 17.9 Å². The van der Waals surface area contributed by atoms with Crippen molar-refractivity contribution in [2.45, 2.75) is 38.5 Å². The van der Waals surface area contributed by atoms with E-state index in [9.17, 15) is 8.78 Å². The largest absolute Gasteiger partial charge is 0.385 e. The third-order valence-electron chi connectivity index (χ3n) is 6.31. The molecule has 0 saturated carbocycles. The molecule has 4 heteroatoms. The van der Waals surface area contributed by atoms with Gasteiger partial charge in [-0.25, -0.2) is 13.2 Å². The second-order valence-corrected chi connectivity index (χ2v) is 8.74. The standard InChI is InChI=1S/C30H29F3O/c1-34-18-2-3-22-5-10-24(29(32)20-22)11-6-23-9-17-28-26(19-23)14-13-25(30(28)33)12-4-21-7-15-27(31)16-8-21/h5,7-10,13-17,19-20H,2-4,6,11-12,18H2,1H3. The van der Waals surface area contributed by atoms with Crippen LogP contribution >= 0.6 is 0 Å². The maximum Gasteiger partial charge on any atom is 0.134 e. The normalized spacial score (nSPS) is 11.3. The van der Waals surface area contributed by atoms with Gasteiger partial charge in [0.05, 0.1) is 0 Å². The molecule has 0 atom stereocenters. The van der Waals surface area contributed by atoms with Gasteiger partial charge in [-0.15, -0.1) is 0 Å². The molecule has 0 heterocycles. The number of ether oxygens (including phenoxy) is 1. The van der Waals surface area contributed by atoms with Crippen LogP contribution in [0.25, 0.3) is 10.8 Å². The zero-order valence-electron chi connectivity index (χ0n) is 19.4. The first-order valence-electron chi connectivity index (χ1n) is 11.7. The van der Waals surface area contributed by atoms with Crippen LogP contribution in [0.1, 0.15) is 34.2 Å². The third-order valence-corrected chi connectivity index (χ3v) is 6.31. The van der Waals surface area contributed by atoms with E-state index in [0.717, 1.165) is 34.9 Å². The monoisotopic (exact) mass is 462 g/mol. The van der Waals surface area contributed by atoms with E-state index in [1.54, 1.807) is 25.3 Å². The van der Waals surface area contributed by atoms with E-state index in [0.29, 0.717) is 48.8 Å². The molecule has 0 radical (unpaired) electrons. The average Bonchev–Trinajstić information content (AvgIpc) is 2.84. The number of halogens is 3. The number of methoxy groups -OCH3 is 1. The van der Waals surface area contributed by atoms with Crippen molar-refractivity contribution in [2.75, 3.05) is 13.7 Å². The Morgan fingerprint density at radius 3 is 2.03 bits per heavy atom. The molecule has 0 aliphatic rings. The van der Waals surface area contributed by atoms with Crippen molar-refractivity contribution in [3.63, 3.8) is 0 Å². The van der Waals surface area contributed by atoms with E-state index in [1.807, 2.05) is 42.5 Å². The lowest BCUT2D eigenvalue weighted by atomic mass is 9.97. The molecular formula is C30H29F3O. The summed E-state index contributed by atoms with van der Waals surface area (Å²) in [6, 6.07) is 21.3. The molecule has 0 aliphatic heterocycles. The molecule has 34 heavy (non-hydrogen) atoms. The van der Waals surface area contributed by atoms with Gasteiger partial charge in [0.15, 0.2) is 0 Å². The Kier molecular flexibility index (Phi) is 8.02. The first-order valence-corrected chi connectivity index (χ1v) is 11.7. The summed E-state index contributed by atoms with van der Waals surface area (Å²) in [5.41, 5.74) is 4.35. The molecule has 0 aliphatic carbocycles. The molecule has 4 rings (SSSR count). The van der Waals surface area contributed by atoms with Gasteiger partial charge in [0.25, 0.3) is 0 Å². The Bertz CT molecular complexity index is 1250. The molecule has 0 bridgehead atoms. The third kappa shape index (κ3) is 6.06. The molecule has 4 aromatic rings. The summed E-state index contributed by atoms with van der Waals surface area (Å²) in [7, 11) is 1.67. The highest BCUT2D eigenvalue weighted by molar-refractivity contribution is 5.84. The van der Waals surface area contributed by atoms with Crippen LogP contribution in [0.3, 0.4) is 0 Å². The van der Waals surface area contributed by atoms with Crippen LogP contribution in [0.5, 0.6) is 0 Å². The van der Waals surface area contributed by atoms with Gasteiger partial charge in [0, 0.05) is 19.1 Å². The number of rotatable bonds is 10. The van der Waals surface area contributed by atoms with Gasteiger partial charge in [-0.3, -0.25) is 0 Å². The fourth-order valence-corrected chi connectivity index (χ4v) is 4.31. The predicted molar refractivity (Wildman–Crippen MR) is 132 cm³/mol. The van der Waals surface area contributed by atoms with Crippen molar-refractivity contribution in [2.24, 2.45) is 0 Å². The molecule has 0 fully saturated rings. The summed E-state index contributed by atoms with van der Waals surface area (Å²) in [5.74, 6) is -0.650. The summed E-state index contributed by atoms with van der Waals surface area (Å²) in [5, 5.41) is 1.43. The summed E-state index contributed by atoms with van der Waals surface area (Å²) in [4.78, 5) is 0. The van der Waals surface area contributed by atoms with Crippen molar-refractivity contribution >= 4 is 10.8 Å². The number of aryl methyl sites for hydroxylation is 5. The Labute approximate surface area is 199 Å². The number of hydrogen-bond donors (Lipinski definition) is 0. The molecule has 4 aromatic carbocycles. The Morgan fingerprint density at radius 1 is 0.618 bits per heavy atom. The molecule has 1 nitrogen and oxygen atoms in total. The summed E-state index contributed by atoms with van der Waals surface area (Å²) in [6.45, 7) is 0.668. The SMILES string of the molecule is COCCCc1ccc(CCc2ccc3c(F)c(CCc4ccc(F)cc4)ccc3c2)c(F)c1. The van der Waals surface area contributed by atoms with Gasteiger partial charge >= 0.3 is 0 Å². The summed E-state index contributed by atoms with van der Waals surface area (Å²) < 4.78 is 47.8. The lowest BCUT2D eigenvalue weighted by molar-refractivity contribution is 0.195. The van der Waals surface area contributed by atoms with Crippen LogP contribution in [0.15, 0.2) is 72.8 Å². The first-order chi connectivity index (χ1) is 16.5. The lowest BCUT2D eigenvalue weighted by Crippen LogP contribution is -1.99. The maximum absolute atomic E-state index is 15.1. The Balaban J connectivity index is 1.40. The average molecular weight is 463 g/mol. The van der Waals surface area contributed by atoms with Crippen LogP contribution in [-0.2, 0) is 36.8 Å². The fourth-order valence-electron chi connectivity index (χ4n) is 4.31. The first kappa shape index (κ1) is 24.0. The van der Waals surface area contributed by atoms with Crippen LogP contribution in [0.4, 0.5) is 13.2 Å². The van der Waals surface area contributed by atoms with Crippen LogP contribution in [0, 0.1) is 17.5 Å². The molecule has 0 unspecified atom stereocenters. The molecule has 0 spiro atoms. The quantitative estimate of drug-likeness (QED) is 0.223. The maximum atomic E-state index is 15.1. The minimum Gasteiger partial charge on any atom is -0.385 e. The number of hydrogen-bond acceptors (Lipinski definition) is 1. The zero-order valence-corrected chi connectivity index (χ0v) is 19.4. The van der Waals surface area contributed by atoms with Crippen molar-refractivity contribution in [1.29, 1.82) is 0 Å². The van der Waals surface area contributed by atoms with Gasteiger partial charge in [-0.2, -0.15) is 0 Å². The van der Waals surface area contributed by atoms with Crippen molar-refractivity contribution in [1.82, 2.24) is 0 Å². The van der Waals surface area contributed by atoms with Gasteiger partial charge in [-0.05, 0) is 89.9 Å². The Morgan fingerprint density at radius 2 is 1.26 bits per heavy atom. The van der Waals surface area contributed by atoms with E-state index >= 15 is 4.39 Å². The second-order valence-electron chi connectivity index (χ2n) is 8.74. The van der Waals surface area contributed by atoms with E-state index in [-0.39, 0.29) is 17.5 Å². The van der Waals surface area contributed by atoms with Crippen molar-refractivity contribution in [3.8, 4) is 0 Å². The van der Waals surface area contributed by atoms with Crippen LogP contribution in [0.2, 0.25) is 0 Å². The van der Waals surface area contributed by atoms with E-state index in [1.165, 1.54) is 12.1 Å². The minimum atomic E-state index is -0.269. The molecular weight excluding hydrogens is 433 g/mol. The minimum absolute atomic E-state index is 0.174. The number of benzene rings is 4. The van der Waals surface area contributed by atoms with Crippen LogP contribution < -0.4 is 0 Å².